The maximum Gasteiger partial charge on any atom is 0.417 e. The third-order valence-electron chi connectivity index (χ3n) is 4.88. The van der Waals surface area contributed by atoms with E-state index in [4.69, 9.17) is 19.9 Å². The number of pyridine rings is 1. The summed E-state index contributed by atoms with van der Waals surface area (Å²) in [6.45, 7) is 1.85. The van der Waals surface area contributed by atoms with E-state index in [1.54, 1.807) is 66.9 Å². The highest BCUT2D eigenvalue weighted by molar-refractivity contribution is 6.01. The van der Waals surface area contributed by atoms with Crippen molar-refractivity contribution in [2.75, 3.05) is 12.4 Å². The van der Waals surface area contributed by atoms with Crippen molar-refractivity contribution >= 4 is 28.6 Å². The van der Waals surface area contributed by atoms with Gasteiger partial charge in [0.1, 0.15) is 23.0 Å². The first-order valence-corrected chi connectivity index (χ1v) is 10.0. The Hall–Kier alpha value is -4.59. The Balaban J connectivity index is 1.56. The van der Waals surface area contributed by atoms with E-state index < -0.39 is 12.0 Å². The van der Waals surface area contributed by atoms with Gasteiger partial charge in [-0.1, -0.05) is 18.2 Å². The van der Waals surface area contributed by atoms with E-state index in [1.165, 1.54) is 7.11 Å². The fourth-order valence-electron chi connectivity index (χ4n) is 3.30. The van der Waals surface area contributed by atoms with Crippen molar-refractivity contribution in [3.05, 3.63) is 84.1 Å². The third kappa shape index (κ3) is 4.85. The number of fused-ring (bicyclic) bond motifs is 1. The van der Waals surface area contributed by atoms with E-state index in [-0.39, 0.29) is 5.56 Å². The number of amides is 2. The third-order valence-corrected chi connectivity index (χ3v) is 4.88. The largest absolute Gasteiger partial charge is 0.496 e. The first-order valence-electron chi connectivity index (χ1n) is 10.0. The van der Waals surface area contributed by atoms with Crippen LogP contribution in [0.2, 0.25) is 0 Å². The number of aromatic nitrogens is 1. The second-order valence-corrected chi connectivity index (χ2v) is 7.15. The normalized spacial score (nSPS) is 10.5. The van der Waals surface area contributed by atoms with Gasteiger partial charge in [-0.05, 0) is 55.0 Å². The zero-order valence-electron chi connectivity index (χ0n) is 18.0. The quantitative estimate of drug-likeness (QED) is 0.431. The second-order valence-electron chi connectivity index (χ2n) is 7.15. The Morgan fingerprint density at radius 1 is 0.939 bits per heavy atom. The molecule has 0 bridgehead atoms. The highest BCUT2D eigenvalue weighted by Gasteiger charge is 2.15. The number of nitrogens with one attached hydrogen (secondary N) is 1. The molecule has 3 N–H and O–H groups in total. The molecule has 8 nitrogen and oxygen atoms in total. The molecule has 2 amide bonds. The molecule has 0 spiro atoms. The molecule has 8 heteroatoms. The van der Waals surface area contributed by atoms with Crippen LogP contribution in [0.1, 0.15) is 15.9 Å². The van der Waals surface area contributed by atoms with Gasteiger partial charge in [-0.3, -0.25) is 15.1 Å². The standard InChI is InChI=1S/C25H21N3O5/c1-15-12-16(28-25(30)32-17-6-4-3-5-7-17)8-9-21(15)33-22-10-11-27-20-14-23(31-2)19(24(26)29)13-18(20)22/h3-14H,1-2H3,(H2,26,29)(H,28,30). The maximum atomic E-state index is 12.1. The van der Waals surface area contributed by atoms with Crippen LogP contribution in [0.3, 0.4) is 0 Å². The van der Waals surface area contributed by atoms with Crippen LogP contribution in [-0.4, -0.2) is 24.1 Å². The first-order chi connectivity index (χ1) is 15.9. The molecule has 0 unspecified atom stereocenters. The summed E-state index contributed by atoms with van der Waals surface area (Å²) in [5.41, 5.74) is 7.65. The Labute approximate surface area is 189 Å². The zero-order chi connectivity index (χ0) is 23.4. The van der Waals surface area contributed by atoms with Gasteiger partial charge in [0.15, 0.2) is 0 Å². The van der Waals surface area contributed by atoms with Gasteiger partial charge in [0.25, 0.3) is 5.91 Å². The Bertz CT molecular complexity index is 1340. The SMILES string of the molecule is COc1cc2nccc(Oc3ccc(NC(=O)Oc4ccccc4)cc3C)c2cc1C(N)=O. The van der Waals surface area contributed by atoms with Crippen LogP contribution >= 0.6 is 0 Å². The molecule has 0 atom stereocenters. The minimum absolute atomic E-state index is 0.232. The number of methoxy groups -OCH3 is 1. The molecular weight excluding hydrogens is 422 g/mol. The molecule has 0 fully saturated rings. The van der Waals surface area contributed by atoms with Crippen molar-refractivity contribution in [1.82, 2.24) is 4.98 Å². The lowest BCUT2D eigenvalue weighted by Gasteiger charge is -2.14. The lowest BCUT2D eigenvalue weighted by atomic mass is 10.1. The number of rotatable bonds is 6. The monoisotopic (exact) mass is 443 g/mol. The highest BCUT2D eigenvalue weighted by atomic mass is 16.6. The van der Waals surface area contributed by atoms with Crippen LogP contribution in [0, 0.1) is 6.92 Å². The molecule has 0 saturated heterocycles. The van der Waals surface area contributed by atoms with Crippen molar-refractivity contribution in [1.29, 1.82) is 0 Å². The summed E-state index contributed by atoms with van der Waals surface area (Å²) in [7, 11) is 1.46. The van der Waals surface area contributed by atoms with Crippen LogP contribution < -0.4 is 25.3 Å². The minimum Gasteiger partial charge on any atom is -0.496 e. The van der Waals surface area contributed by atoms with Crippen LogP contribution in [-0.2, 0) is 0 Å². The molecule has 0 aliphatic rings. The number of primary amides is 1. The summed E-state index contributed by atoms with van der Waals surface area (Å²) in [5, 5.41) is 3.30. The highest BCUT2D eigenvalue weighted by Crippen LogP contribution is 2.34. The number of hydrogen-bond donors (Lipinski definition) is 2. The van der Waals surface area contributed by atoms with Gasteiger partial charge in [-0.15, -0.1) is 0 Å². The average molecular weight is 443 g/mol. The Kier molecular flexibility index (Phi) is 6.08. The summed E-state index contributed by atoms with van der Waals surface area (Å²) in [4.78, 5) is 28.3. The number of carbonyl (C=O) groups is 2. The molecule has 1 heterocycles. The van der Waals surface area contributed by atoms with E-state index in [2.05, 4.69) is 10.3 Å². The van der Waals surface area contributed by atoms with E-state index in [1.807, 2.05) is 13.0 Å². The van der Waals surface area contributed by atoms with Crippen molar-refractivity contribution in [2.45, 2.75) is 6.92 Å². The minimum atomic E-state index is -0.613. The van der Waals surface area contributed by atoms with Crippen molar-refractivity contribution in [2.24, 2.45) is 5.73 Å². The Morgan fingerprint density at radius 2 is 1.73 bits per heavy atom. The van der Waals surface area contributed by atoms with Gasteiger partial charge < -0.3 is 19.9 Å². The summed E-state index contributed by atoms with van der Waals surface area (Å²) >= 11 is 0. The average Bonchev–Trinajstić information content (AvgIpc) is 2.80. The summed E-state index contributed by atoms with van der Waals surface area (Å²) in [6, 6.07) is 18.9. The number of hydrogen-bond acceptors (Lipinski definition) is 6. The van der Waals surface area contributed by atoms with E-state index >= 15 is 0 Å². The number of nitrogens with two attached hydrogens (primary N) is 1. The van der Waals surface area contributed by atoms with Gasteiger partial charge in [-0.2, -0.15) is 0 Å². The van der Waals surface area contributed by atoms with Gasteiger partial charge in [0.2, 0.25) is 0 Å². The lowest BCUT2D eigenvalue weighted by Crippen LogP contribution is -2.16. The summed E-state index contributed by atoms with van der Waals surface area (Å²) < 4.78 is 16.6. The summed E-state index contributed by atoms with van der Waals surface area (Å²) in [5.74, 6) is 1.24. The number of ether oxygens (including phenoxy) is 3. The van der Waals surface area contributed by atoms with Gasteiger partial charge in [-0.25, -0.2) is 4.79 Å². The molecule has 4 rings (SSSR count). The van der Waals surface area contributed by atoms with Crippen LogP contribution in [0.15, 0.2) is 72.9 Å². The number of para-hydroxylation sites is 1. The van der Waals surface area contributed by atoms with E-state index in [0.29, 0.717) is 39.6 Å². The molecule has 0 aliphatic carbocycles. The maximum absolute atomic E-state index is 12.1. The van der Waals surface area contributed by atoms with Crippen molar-refractivity contribution in [3.63, 3.8) is 0 Å². The van der Waals surface area contributed by atoms with Crippen molar-refractivity contribution in [3.8, 4) is 23.0 Å². The smallest absolute Gasteiger partial charge is 0.417 e. The van der Waals surface area contributed by atoms with Crippen LogP contribution in [0.25, 0.3) is 10.9 Å². The molecule has 166 valence electrons. The van der Waals surface area contributed by atoms with Gasteiger partial charge in [0.05, 0.1) is 18.2 Å². The Morgan fingerprint density at radius 3 is 2.42 bits per heavy atom. The number of benzene rings is 3. The van der Waals surface area contributed by atoms with Crippen LogP contribution in [0.4, 0.5) is 10.5 Å². The van der Waals surface area contributed by atoms with Gasteiger partial charge >= 0.3 is 6.09 Å². The second kappa shape index (κ2) is 9.27. The lowest BCUT2D eigenvalue weighted by molar-refractivity contribution is 0.0997. The summed E-state index contributed by atoms with van der Waals surface area (Å²) in [6.07, 6.45) is 1.01. The van der Waals surface area contributed by atoms with Crippen molar-refractivity contribution < 1.29 is 23.8 Å². The predicted octanol–water partition coefficient (Wildman–Crippen LogP) is 5.05. The number of anilines is 1. The topological polar surface area (TPSA) is 113 Å². The molecule has 0 saturated carbocycles. The number of nitrogens with zero attached hydrogens (tertiary/aromatic N) is 1. The predicted molar refractivity (Wildman–Crippen MR) is 124 cm³/mol. The molecule has 4 aromatic rings. The number of carbonyl (C=O) groups excluding carboxylic acids is 2. The van der Waals surface area contributed by atoms with E-state index in [0.717, 1.165) is 5.56 Å². The van der Waals surface area contributed by atoms with Gasteiger partial charge in [0, 0.05) is 23.3 Å². The number of aryl methyl sites for hydroxylation is 1. The van der Waals surface area contributed by atoms with Crippen LogP contribution in [0.5, 0.6) is 23.0 Å². The molecule has 33 heavy (non-hydrogen) atoms. The molecule has 3 aromatic carbocycles. The molecule has 1 aromatic heterocycles. The molecule has 0 aliphatic heterocycles. The molecule has 0 radical (unpaired) electrons. The fraction of sp³-hybridized carbons (Fsp3) is 0.0800. The fourth-order valence-corrected chi connectivity index (χ4v) is 3.30. The first kappa shape index (κ1) is 21.6. The van der Waals surface area contributed by atoms with E-state index in [9.17, 15) is 9.59 Å². The zero-order valence-corrected chi connectivity index (χ0v) is 18.0. The molecular formula is C25H21N3O5.